The van der Waals surface area contributed by atoms with Gasteiger partial charge in [-0.2, -0.15) is 0 Å². The molecular formula is C19H17ClN4O4S. The van der Waals surface area contributed by atoms with E-state index in [1.807, 2.05) is 6.07 Å². The molecule has 10 heteroatoms. The van der Waals surface area contributed by atoms with Gasteiger partial charge in [0.1, 0.15) is 0 Å². The minimum Gasteiger partial charge on any atom is -0.493 e. The van der Waals surface area contributed by atoms with Gasteiger partial charge >= 0.3 is 0 Å². The van der Waals surface area contributed by atoms with E-state index < -0.39 is 11.8 Å². The Hall–Kier alpha value is -3.17. The van der Waals surface area contributed by atoms with Gasteiger partial charge in [0.25, 0.3) is 11.8 Å². The predicted molar refractivity (Wildman–Crippen MR) is 110 cm³/mol. The van der Waals surface area contributed by atoms with Gasteiger partial charge in [-0.05, 0) is 35.9 Å². The average molecular weight is 433 g/mol. The Morgan fingerprint density at radius 2 is 1.72 bits per heavy atom. The van der Waals surface area contributed by atoms with Gasteiger partial charge in [-0.15, -0.1) is 10.2 Å². The van der Waals surface area contributed by atoms with Crippen LogP contribution in [-0.2, 0) is 6.54 Å². The fourth-order valence-electron chi connectivity index (χ4n) is 2.41. The standard InChI is InChI=1S/C19H17ClN4O4S/c1-27-14-7-6-11(8-15(14)28-2)10-21-16(25)18-23-24-19(29-18)17(26)22-13-5-3-4-12(20)9-13/h3-9H,10H2,1-2H3,(H,21,25)(H,22,26). The third kappa shape index (κ3) is 5.21. The molecule has 3 aromatic rings. The highest BCUT2D eigenvalue weighted by Gasteiger charge is 2.18. The molecule has 2 aromatic carbocycles. The highest BCUT2D eigenvalue weighted by Crippen LogP contribution is 2.27. The Kier molecular flexibility index (Phi) is 6.63. The van der Waals surface area contributed by atoms with Crippen LogP contribution >= 0.6 is 22.9 Å². The molecule has 1 heterocycles. The first-order valence-corrected chi connectivity index (χ1v) is 9.59. The second-order valence-corrected chi connectivity index (χ2v) is 7.16. The van der Waals surface area contributed by atoms with E-state index in [0.29, 0.717) is 22.2 Å². The third-order valence-corrected chi connectivity index (χ3v) is 4.95. The summed E-state index contributed by atoms with van der Waals surface area (Å²) in [5.41, 5.74) is 1.34. The molecule has 0 spiro atoms. The van der Waals surface area contributed by atoms with Crippen LogP contribution in [0.3, 0.4) is 0 Å². The number of anilines is 1. The van der Waals surface area contributed by atoms with E-state index in [0.717, 1.165) is 16.9 Å². The fourth-order valence-corrected chi connectivity index (χ4v) is 3.25. The zero-order valence-corrected chi connectivity index (χ0v) is 17.1. The molecule has 1 aromatic heterocycles. The van der Waals surface area contributed by atoms with Crippen LogP contribution in [-0.4, -0.2) is 36.2 Å². The van der Waals surface area contributed by atoms with E-state index in [1.54, 1.807) is 43.5 Å². The molecule has 2 amide bonds. The van der Waals surface area contributed by atoms with E-state index in [2.05, 4.69) is 20.8 Å². The summed E-state index contributed by atoms with van der Waals surface area (Å²) in [6, 6.07) is 12.0. The lowest BCUT2D eigenvalue weighted by Gasteiger charge is -2.09. The van der Waals surface area contributed by atoms with Crippen LogP contribution < -0.4 is 20.1 Å². The maximum Gasteiger partial charge on any atom is 0.286 e. The topological polar surface area (TPSA) is 102 Å². The van der Waals surface area contributed by atoms with Crippen molar-refractivity contribution in [1.29, 1.82) is 0 Å². The highest BCUT2D eigenvalue weighted by atomic mass is 35.5. The number of halogens is 1. The number of methoxy groups -OCH3 is 2. The van der Waals surface area contributed by atoms with Gasteiger partial charge in [0, 0.05) is 17.3 Å². The Morgan fingerprint density at radius 1 is 1.00 bits per heavy atom. The normalized spacial score (nSPS) is 10.3. The molecule has 29 heavy (non-hydrogen) atoms. The Bertz CT molecular complexity index is 1040. The molecule has 3 rings (SSSR count). The molecule has 0 bridgehead atoms. The molecule has 0 fully saturated rings. The summed E-state index contributed by atoms with van der Waals surface area (Å²) in [6.07, 6.45) is 0. The van der Waals surface area contributed by atoms with Crippen LogP contribution in [0.25, 0.3) is 0 Å². The molecule has 0 aliphatic carbocycles. The smallest absolute Gasteiger partial charge is 0.286 e. The third-order valence-electron chi connectivity index (χ3n) is 3.80. The molecular weight excluding hydrogens is 416 g/mol. The van der Waals surface area contributed by atoms with Crippen molar-refractivity contribution >= 4 is 40.4 Å². The fraction of sp³-hybridized carbons (Fsp3) is 0.158. The summed E-state index contributed by atoms with van der Waals surface area (Å²) in [5, 5.41) is 13.6. The monoisotopic (exact) mass is 432 g/mol. The summed E-state index contributed by atoms with van der Waals surface area (Å²) >= 11 is 6.79. The largest absolute Gasteiger partial charge is 0.493 e. The van der Waals surface area contributed by atoms with Crippen LogP contribution in [0.15, 0.2) is 42.5 Å². The van der Waals surface area contributed by atoms with Gasteiger partial charge in [0.05, 0.1) is 14.2 Å². The van der Waals surface area contributed by atoms with E-state index >= 15 is 0 Å². The number of amides is 2. The number of aromatic nitrogens is 2. The van der Waals surface area contributed by atoms with Crippen molar-refractivity contribution < 1.29 is 19.1 Å². The SMILES string of the molecule is COc1ccc(CNC(=O)c2nnc(C(=O)Nc3cccc(Cl)c3)s2)cc1OC. The summed E-state index contributed by atoms with van der Waals surface area (Å²) in [5.74, 6) is 0.264. The maximum absolute atomic E-state index is 12.3. The van der Waals surface area contributed by atoms with Gasteiger partial charge in [0.15, 0.2) is 11.5 Å². The molecule has 150 valence electrons. The molecule has 0 saturated carbocycles. The molecule has 0 radical (unpaired) electrons. The van der Waals surface area contributed by atoms with Gasteiger partial charge in [-0.1, -0.05) is 35.1 Å². The number of carbonyl (C=O) groups excluding carboxylic acids is 2. The summed E-state index contributed by atoms with van der Waals surface area (Å²) in [7, 11) is 3.09. The van der Waals surface area contributed by atoms with E-state index in [4.69, 9.17) is 21.1 Å². The zero-order valence-electron chi connectivity index (χ0n) is 15.6. The molecule has 0 saturated heterocycles. The minimum absolute atomic E-state index is 0.0706. The van der Waals surface area contributed by atoms with Gasteiger partial charge in [-0.3, -0.25) is 9.59 Å². The number of nitrogens with zero attached hydrogens (tertiary/aromatic N) is 2. The van der Waals surface area contributed by atoms with Gasteiger partial charge in [0.2, 0.25) is 10.0 Å². The number of carbonyl (C=O) groups is 2. The van der Waals surface area contributed by atoms with Crippen molar-refractivity contribution in [2.24, 2.45) is 0 Å². The first-order chi connectivity index (χ1) is 14.0. The van der Waals surface area contributed by atoms with E-state index in [-0.39, 0.29) is 16.6 Å². The van der Waals surface area contributed by atoms with Crippen LogP contribution in [0.4, 0.5) is 5.69 Å². The van der Waals surface area contributed by atoms with Gasteiger partial charge in [-0.25, -0.2) is 0 Å². The number of hydrogen-bond donors (Lipinski definition) is 2. The van der Waals surface area contributed by atoms with Crippen LogP contribution in [0, 0.1) is 0 Å². The highest BCUT2D eigenvalue weighted by molar-refractivity contribution is 7.15. The van der Waals surface area contributed by atoms with Gasteiger partial charge < -0.3 is 20.1 Å². The molecule has 0 aliphatic rings. The Labute approximate surface area is 175 Å². The van der Waals surface area contributed by atoms with Crippen molar-refractivity contribution in [3.8, 4) is 11.5 Å². The van der Waals surface area contributed by atoms with Crippen molar-refractivity contribution in [2.45, 2.75) is 6.54 Å². The second kappa shape index (κ2) is 9.35. The van der Waals surface area contributed by atoms with E-state index in [1.165, 1.54) is 7.11 Å². The van der Waals surface area contributed by atoms with Crippen LogP contribution in [0.5, 0.6) is 11.5 Å². The Balaban J connectivity index is 1.61. The number of benzene rings is 2. The minimum atomic E-state index is -0.469. The van der Waals surface area contributed by atoms with Crippen molar-refractivity contribution in [2.75, 3.05) is 19.5 Å². The molecule has 0 unspecified atom stereocenters. The van der Waals surface area contributed by atoms with E-state index in [9.17, 15) is 9.59 Å². The lowest BCUT2D eigenvalue weighted by atomic mass is 10.2. The zero-order chi connectivity index (χ0) is 20.8. The molecule has 2 N–H and O–H groups in total. The van der Waals surface area contributed by atoms with Crippen molar-refractivity contribution in [3.63, 3.8) is 0 Å². The summed E-state index contributed by atoms with van der Waals surface area (Å²) < 4.78 is 10.4. The predicted octanol–water partition coefficient (Wildman–Crippen LogP) is 3.39. The van der Waals surface area contributed by atoms with Crippen LogP contribution in [0.2, 0.25) is 5.02 Å². The summed E-state index contributed by atoms with van der Waals surface area (Å²) in [6.45, 7) is 0.253. The lowest BCUT2D eigenvalue weighted by Crippen LogP contribution is -2.22. The first kappa shape index (κ1) is 20.6. The number of rotatable bonds is 7. The van der Waals surface area contributed by atoms with Crippen LogP contribution in [0.1, 0.15) is 25.2 Å². The first-order valence-electron chi connectivity index (χ1n) is 8.39. The van der Waals surface area contributed by atoms with Crippen molar-refractivity contribution in [3.05, 3.63) is 63.1 Å². The molecule has 0 aliphatic heterocycles. The average Bonchev–Trinajstić information content (AvgIpc) is 3.22. The summed E-state index contributed by atoms with van der Waals surface area (Å²) in [4.78, 5) is 24.6. The lowest BCUT2D eigenvalue weighted by molar-refractivity contribution is 0.0948. The number of nitrogens with one attached hydrogen (secondary N) is 2. The quantitative estimate of drug-likeness (QED) is 0.593. The molecule has 0 atom stereocenters. The number of ether oxygens (including phenoxy) is 2. The molecule has 8 nitrogen and oxygen atoms in total. The second-order valence-electron chi connectivity index (χ2n) is 5.75. The van der Waals surface area contributed by atoms with Crippen molar-refractivity contribution in [1.82, 2.24) is 15.5 Å². The number of hydrogen-bond acceptors (Lipinski definition) is 7. The maximum atomic E-state index is 12.3. The Morgan fingerprint density at radius 3 is 2.41 bits per heavy atom.